The number of rotatable bonds is 3. The van der Waals surface area contributed by atoms with Gasteiger partial charge >= 0.3 is 0 Å². The molecule has 1 aromatic heterocycles. The van der Waals surface area contributed by atoms with Crippen LogP contribution in [0.3, 0.4) is 0 Å². The molecule has 0 aliphatic carbocycles. The molecule has 0 bridgehead atoms. The molecular weight excluding hydrogens is 292 g/mol. The Hall–Kier alpha value is -2.46. The van der Waals surface area contributed by atoms with E-state index >= 15 is 0 Å². The largest absolute Gasteiger partial charge is 0.322 e. The molecule has 1 N–H and O–H groups in total. The number of nitrogens with zero attached hydrogens (tertiary/aromatic N) is 1. The first kappa shape index (κ1) is 14.5. The third kappa shape index (κ3) is 3.07. The van der Waals surface area contributed by atoms with Crippen LogP contribution in [0.5, 0.6) is 0 Å². The zero-order valence-electron chi connectivity index (χ0n) is 12.5. The number of hydrogen-bond acceptors (Lipinski definition) is 3. The van der Waals surface area contributed by atoms with Gasteiger partial charge in [-0.15, -0.1) is 11.3 Å². The summed E-state index contributed by atoms with van der Waals surface area (Å²) in [4.78, 5) is 16.8. The van der Waals surface area contributed by atoms with Crippen LogP contribution in [0, 0.1) is 13.8 Å². The van der Waals surface area contributed by atoms with Crippen molar-refractivity contribution in [3.63, 3.8) is 0 Å². The van der Waals surface area contributed by atoms with Crippen molar-refractivity contribution >= 4 is 22.9 Å². The first-order valence-corrected chi connectivity index (χ1v) is 7.90. The number of hydrogen-bond donors (Lipinski definition) is 1. The van der Waals surface area contributed by atoms with Crippen LogP contribution in [0.1, 0.15) is 21.5 Å². The van der Waals surface area contributed by atoms with E-state index in [9.17, 15) is 4.79 Å². The number of thiazole rings is 1. The fourth-order valence-electron chi connectivity index (χ4n) is 2.27. The van der Waals surface area contributed by atoms with E-state index in [4.69, 9.17) is 0 Å². The van der Waals surface area contributed by atoms with Crippen molar-refractivity contribution in [2.75, 3.05) is 5.32 Å². The van der Waals surface area contributed by atoms with Crippen LogP contribution >= 0.6 is 11.3 Å². The summed E-state index contributed by atoms with van der Waals surface area (Å²) < 4.78 is 0. The predicted molar refractivity (Wildman–Crippen MR) is 91.4 cm³/mol. The number of carbonyl (C=O) groups is 1. The second-order valence-electron chi connectivity index (χ2n) is 5.19. The third-order valence-electron chi connectivity index (χ3n) is 3.44. The molecule has 3 aromatic rings. The second kappa shape index (κ2) is 6.12. The van der Waals surface area contributed by atoms with E-state index in [1.807, 2.05) is 61.7 Å². The van der Waals surface area contributed by atoms with Crippen LogP contribution in [0.25, 0.3) is 10.6 Å². The molecule has 110 valence electrons. The SMILES string of the molecule is Cc1ccc(C)c(C(=O)Nc2cccc(-c3nccs3)c2)c1. The molecule has 0 radical (unpaired) electrons. The lowest BCUT2D eigenvalue weighted by atomic mass is 10.0. The van der Waals surface area contributed by atoms with Gasteiger partial charge in [-0.3, -0.25) is 4.79 Å². The number of aromatic nitrogens is 1. The van der Waals surface area contributed by atoms with Gasteiger partial charge in [-0.05, 0) is 37.6 Å². The topological polar surface area (TPSA) is 42.0 Å². The van der Waals surface area contributed by atoms with Crippen molar-refractivity contribution in [2.45, 2.75) is 13.8 Å². The molecule has 22 heavy (non-hydrogen) atoms. The van der Waals surface area contributed by atoms with E-state index in [0.29, 0.717) is 5.56 Å². The average molecular weight is 308 g/mol. The monoisotopic (exact) mass is 308 g/mol. The minimum Gasteiger partial charge on any atom is -0.322 e. The molecule has 0 aliphatic heterocycles. The molecule has 0 saturated carbocycles. The summed E-state index contributed by atoms with van der Waals surface area (Å²) in [5.41, 5.74) is 4.54. The fraction of sp³-hybridized carbons (Fsp3) is 0.111. The Morgan fingerprint density at radius 1 is 1.14 bits per heavy atom. The molecule has 3 rings (SSSR count). The highest BCUT2D eigenvalue weighted by Gasteiger charge is 2.10. The molecule has 0 spiro atoms. The van der Waals surface area contributed by atoms with Gasteiger partial charge in [-0.2, -0.15) is 0 Å². The van der Waals surface area contributed by atoms with Gasteiger partial charge in [0.05, 0.1) is 0 Å². The Labute approximate surface area is 133 Å². The van der Waals surface area contributed by atoms with Crippen molar-refractivity contribution < 1.29 is 4.79 Å². The molecular formula is C18H16N2OS. The summed E-state index contributed by atoms with van der Waals surface area (Å²) in [7, 11) is 0. The van der Waals surface area contributed by atoms with E-state index in [2.05, 4.69) is 10.3 Å². The smallest absolute Gasteiger partial charge is 0.255 e. The van der Waals surface area contributed by atoms with E-state index in [0.717, 1.165) is 27.4 Å². The Kier molecular flexibility index (Phi) is 4.02. The Bertz CT molecular complexity index is 810. The lowest BCUT2D eigenvalue weighted by Gasteiger charge is -2.09. The molecule has 0 fully saturated rings. The van der Waals surface area contributed by atoms with Crippen molar-refractivity contribution in [1.29, 1.82) is 0 Å². The molecule has 0 aliphatic rings. The predicted octanol–water partition coefficient (Wildman–Crippen LogP) is 4.68. The Morgan fingerprint density at radius 2 is 2.00 bits per heavy atom. The minimum absolute atomic E-state index is 0.0857. The second-order valence-corrected chi connectivity index (χ2v) is 6.09. The zero-order chi connectivity index (χ0) is 15.5. The third-order valence-corrected chi connectivity index (χ3v) is 4.26. The van der Waals surface area contributed by atoms with Gasteiger partial charge < -0.3 is 5.32 Å². The summed E-state index contributed by atoms with van der Waals surface area (Å²) in [6, 6.07) is 13.6. The van der Waals surface area contributed by atoms with Crippen molar-refractivity contribution in [2.24, 2.45) is 0 Å². The molecule has 0 atom stereocenters. The highest BCUT2D eigenvalue weighted by atomic mass is 32.1. The van der Waals surface area contributed by atoms with Gasteiger partial charge in [0, 0.05) is 28.4 Å². The first-order chi connectivity index (χ1) is 10.6. The van der Waals surface area contributed by atoms with Gasteiger partial charge in [0.15, 0.2) is 0 Å². The number of carbonyl (C=O) groups excluding carboxylic acids is 1. The van der Waals surface area contributed by atoms with Crippen LogP contribution < -0.4 is 5.32 Å². The van der Waals surface area contributed by atoms with Crippen molar-refractivity contribution in [3.8, 4) is 10.6 Å². The van der Waals surface area contributed by atoms with Gasteiger partial charge in [0.1, 0.15) is 5.01 Å². The van der Waals surface area contributed by atoms with Gasteiger partial charge in [-0.25, -0.2) is 4.98 Å². The number of nitrogens with one attached hydrogen (secondary N) is 1. The normalized spacial score (nSPS) is 10.5. The fourth-order valence-corrected chi connectivity index (χ4v) is 2.91. The molecule has 1 heterocycles. The van der Waals surface area contributed by atoms with Crippen LogP contribution in [-0.2, 0) is 0 Å². The Morgan fingerprint density at radius 3 is 2.77 bits per heavy atom. The number of aryl methyl sites for hydroxylation is 2. The van der Waals surface area contributed by atoms with E-state index in [1.165, 1.54) is 0 Å². The summed E-state index contributed by atoms with van der Waals surface area (Å²) in [5.74, 6) is -0.0857. The average Bonchev–Trinajstić information content (AvgIpc) is 3.04. The first-order valence-electron chi connectivity index (χ1n) is 7.02. The highest BCUT2D eigenvalue weighted by molar-refractivity contribution is 7.13. The minimum atomic E-state index is -0.0857. The lowest BCUT2D eigenvalue weighted by Crippen LogP contribution is -2.13. The standard InChI is InChI=1S/C18H16N2OS/c1-12-6-7-13(2)16(10-12)17(21)20-15-5-3-4-14(11-15)18-19-8-9-22-18/h3-11H,1-2H3,(H,20,21). The molecule has 3 nitrogen and oxygen atoms in total. The zero-order valence-corrected chi connectivity index (χ0v) is 13.3. The van der Waals surface area contributed by atoms with Crippen molar-refractivity contribution in [3.05, 3.63) is 70.7 Å². The summed E-state index contributed by atoms with van der Waals surface area (Å²) in [6.45, 7) is 3.93. The van der Waals surface area contributed by atoms with Gasteiger partial charge in [0.2, 0.25) is 0 Å². The highest BCUT2D eigenvalue weighted by Crippen LogP contribution is 2.24. The maximum atomic E-state index is 12.5. The molecule has 4 heteroatoms. The van der Waals surface area contributed by atoms with Crippen LogP contribution in [0.4, 0.5) is 5.69 Å². The molecule has 0 unspecified atom stereocenters. The van der Waals surface area contributed by atoms with E-state index in [1.54, 1.807) is 17.5 Å². The number of amides is 1. The number of benzene rings is 2. The van der Waals surface area contributed by atoms with E-state index < -0.39 is 0 Å². The maximum absolute atomic E-state index is 12.5. The van der Waals surface area contributed by atoms with Gasteiger partial charge in [0.25, 0.3) is 5.91 Å². The van der Waals surface area contributed by atoms with Crippen LogP contribution in [0.15, 0.2) is 54.0 Å². The van der Waals surface area contributed by atoms with E-state index in [-0.39, 0.29) is 5.91 Å². The van der Waals surface area contributed by atoms with Crippen molar-refractivity contribution in [1.82, 2.24) is 4.98 Å². The van der Waals surface area contributed by atoms with Crippen LogP contribution in [0.2, 0.25) is 0 Å². The molecule has 2 aromatic carbocycles. The van der Waals surface area contributed by atoms with Crippen LogP contribution in [-0.4, -0.2) is 10.9 Å². The quantitative estimate of drug-likeness (QED) is 0.763. The molecule has 1 amide bonds. The van der Waals surface area contributed by atoms with Gasteiger partial charge in [-0.1, -0.05) is 29.8 Å². The maximum Gasteiger partial charge on any atom is 0.255 e. The Balaban J connectivity index is 1.85. The summed E-state index contributed by atoms with van der Waals surface area (Å²) in [6.07, 6.45) is 1.78. The number of anilines is 1. The summed E-state index contributed by atoms with van der Waals surface area (Å²) in [5, 5.41) is 5.85. The summed E-state index contributed by atoms with van der Waals surface area (Å²) >= 11 is 1.58. The molecule has 0 saturated heterocycles. The lowest BCUT2D eigenvalue weighted by molar-refractivity contribution is 0.102.